The van der Waals surface area contributed by atoms with Gasteiger partial charge in [-0.25, -0.2) is 0 Å². The van der Waals surface area contributed by atoms with Crippen LogP contribution >= 0.6 is 0 Å². The minimum absolute atomic E-state index is 0.378. The monoisotopic (exact) mass is 157 g/mol. The van der Waals surface area contributed by atoms with Crippen LogP contribution in [0.3, 0.4) is 0 Å². The molecule has 0 saturated heterocycles. The lowest BCUT2D eigenvalue weighted by Gasteiger charge is -2.16. The van der Waals surface area contributed by atoms with Gasteiger partial charge in [-0.2, -0.15) is 0 Å². The summed E-state index contributed by atoms with van der Waals surface area (Å²) in [5.74, 6) is 0. The molecule has 0 atom stereocenters. The molecule has 0 aromatic carbocycles. The van der Waals surface area contributed by atoms with Gasteiger partial charge in [0.15, 0.2) is 0 Å². The van der Waals surface area contributed by atoms with Crippen LogP contribution in [0.4, 0.5) is 0 Å². The van der Waals surface area contributed by atoms with Gasteiger partial charge in [-0.3, -0.25) is 4.99 Å². The van der Waals surface area contributed by atoms with Crippen molar-refractivity contribution < 1.29 is 4.74 Å². The van der Waals surface area contributed by atoms with Gasteiger partial charge in [-0.1, -0.05) is 20.8 Å². The molecule has 0 unspecified atom stereocenters. The summed E-state index contributed by atoms with van der Waals surface area (Å²) >= 11 is 0. The summed E-state index contributed by atoms with van der Waals surface area (Å²) in [5.41, 5.74) is 0.378. The Morgan fingerprint density at radius 1 is 1.36 bits per heavy atom. The summed E-state index contributed by atoms with van der Waals surface area (Å²) in [6.07, 6.45) is 2.88. The highest BCUT2D eigenvalue weighted by molar-refractivity contribution is 5.58. The van der Waals surface area contributed by atoms with E-state index in [1.54, 1.807) is 13.3 Å². The first-order chi connectivity index (χ1) is 5.06. The minimum Gasteiger partial charge on any atom is -0.376 e. The molecular weight excluding hydrogens is 138 g/mol. The molecule has 2 heteroatoms. The van der Waals surface area contributed by atoms with E-state index in [9.17, 15) is 0 Å². The van der Waals surface area contributed by atoms with E-state index < -0.39 is 0 Å². The third-order valence-electron chi connectivity index (χ3n) is 1.37. The molecular formula is C9H19NO. The zero-order valence-corrected chi connectivity index (χ0v) is 8.05. The Morgan fingerprint density at radius 3 is 2.45 bits per heavy atom. The van der Waals surface area contributed by atoms with Crippen molar-refractivity contribution >= 4 is 6.21 Å². The predicted octanol–water partition coefficient (Wildman–Crippen LogP) is 2.14. The highest BCUT2D eigenvalue weighted by Gasteiger charge is 2.08. The van der Waals surface area contributed by atoms with Crippen molar-refractivity contribution in [3.63, 3.8) is 0 Å². The Kier molecular flexibility index (Phi) is 5.12. The molecule has 0 amide bonds. The quantitative estimate of drug-likeness (QED) is 0.452. The number of aliphatic imine (C=N–C) groups is 1. The third-order valence-corrected chi connectivity index (χ3v) is 1.37. The van der Waals surface area contributed by atoms with Crippen molar-refractivity contribution in [1.29, 1.82) is 0 Å². The molecule has 0 aromatic rings. The first-order valence-electron chi connectivity index (χ1n) is 4.04. The SMILES string of the molecule is C/N=C/COCCC(C)(C)C. The van der Waals surface area contributed by atoms with Gasteiger partial charge in [0.25, 0.3) is 0 Å². The largest absolute Gasteiger partial charge is 0.376 e. The lowest BCUT2D eigenvalue weighted by molar-refractivity contribution is 0.140. The molecule has 0 bridgehead atoms. The maximum atomic E-state index is 5.30. The molecule has 0 saturated carbocycles. The first kappa shape index (κ1) is 10.6. The molecule has 66 valence electrons. The van der Waals surface area contributed by atoms with Gasteiger partial charge in [0.05, 0.1) is 6.61 Å². The smallest absolute Gasteiger partial charge is 0.0814 e. The molecule has 0 fully saturated rings. The van der Waals surface area contributed by atoms with Crippen molar-refractivity contribution in [2.45, 2.75) is 27.2 Å². The topological polar surface area (TPSA) is 21.6 Å². The van der Waals surface area contributed by atoms with E-state index in [1.165, 1.54) is 0 Å². The second kappa shape index (κ2) is 5.30. The summed E-state index contributed by atoms with van der Waals surface area (Å²) in [6, 6.07) is 0. The molecule has 0 spiro atoms. The molecule has 0 aromatic heterocycles. The van der Waals surface area contributed by atoms with Crippen LogP contribution in [-0.2, 0) is 4.74 Å². The highest BCUT2D eigenvalue weighted by Crippen LogP contribution is 2.17. The molecule has 0 heterocycles. The predicted molar refractivity (Wildman–Crippen MR) is 49.3 cm³/mol. The Balaban J connectivity index is 3.15. The van der Waals surface area contributed by atoms with Crippen LogP contribution in [-0.4, -0.2) is 26.5 Å². The second-order valence-corrected chi connectivity index (χ2v) is 3.83. The number of ether oxygens (including phenoxy) is 1. The molecule has 0 N–H and O–H groups in total. The Labute approximate surface area is 69.7 Å². The van der Waals surface area contributed by atoms with Crippen LogP contribution in [0.1, 0.15) is 27.2 Å². The fraction of sp³-hybridized carbons (Fsp3) is 0.889. The normalized spacial score (nSPS) is 12.7. The van der Waals surface area contributed by atoms with Gasteiger partial charge in [-0.15, -0.1) is 0 Å². The minimum atomic E-state index is 0.378. The first-order valence-corrected chi connectivity index (χ1v) is 4.04. The molecule has 0 rings (SSSR count). The number of hydrogen-bond acceptors (Lipinski definition) is 2. The number of rotatable bonds is 4. The van der Waals surface area contributed by atoms with Gasteiger partial charge < -0.3 is 4.74 Å². The van der Waals surface area contributed by atoms with Gasteiger partial charge in [0, 0.05) is 19.9 Å². The van der Waals surface area contributed by atoms with Crippen molar-refractivity contribution in [2.75, 3.05) is 20.3 Å². The molecule has 0 aliphatic heterocycles. The van der Waals surface area contributed by atoms with Gasteiger partial charge in [0.1, 0.15) is 0 Å². The maximum absolute atomic E-state index is 5.30. The van der Waals surface area contributed by atoms with E-state index in [1.807, 2.05) is 0 Å². The molecule has 0 aliphatic carbocycles. The Bertz CT molecular complexity index is 113. The van der Waals surface area contributed by atoms with Gasteiger partial charge >= 0.3 is 0 Å². The van der Waals surface area contributed by atoms with E-state index in [0.29, 0.717) is 12.0 Å². The van der Waals surface area contributed by atoms with Crippen LogP contribution in [0, 0.1) is 5.41 Å². The summed E-state index contributed by atoms with van der Waals surface area (Å²) in [7, 11) is 1.76. The van der Waals surface area contributed by atoms with E-state index >= 15 is 0 Å². The average Bonchev–Trinajstić information content (AvgIpc) is 1.85. The zero-order chi connectivity index (χ0) is 8.74. The highest BCUT2D eigenvalue weighted by atomic mass is 16.5. The molecule has 11 heavy (non-hydrogen) atoms. The third kappa shape index (κ3) is 9.63. The number of nitrogens with zero attached hydrogens (tertiary/aromatic N) is 1. The van der Waals surface area contributed by atoms with Crippen LogP contribution < -0.4 is 0 Å². The van der Waals surface area contributed by atoms with Crippen molar-refractivity contribution in [1.82, 2.24) is 0 Å². The van der Waals surface area contributed by atoms with Crippen LogP contribution in [0.25, 0.3) is 0 Å². The zero-order valence-electron chi connectivity index (χ0n) is 8.05. The summed E-state index contributed by atoms with van der Waals surface area (Å²) in [4.78, 5) is 3.82. The summed E-state index contributed by atoms with van der Waals surface area (Å²) < 4.78 is 5.30. The van der Waals surface area contributed by atoms with Gasteiger partial charge in [-0.05, 0) is 11.8 Å². The van der Waals surface area contributed by atoms with Crippen LogP contribution in [0.15, 0.2) is 4.99 Å². The van der Waals surface area contributed by atoms with Crippen LogP contribution in [0.5, 0.6) is 0 Å². The van der Waals surface area contributed by atoms with Crippen molar-refractivity contribution in [3.8, 4) is 0 Å². The van der Waals surface area contributed by atoms with Gasteiger partial charge in [0.2, 0.25) is 0 Å². The van der Waals surface area contributed by atoms with Crippen molar-refractivity contribution in [2.24, 2.45) is 10.4 Å². The molecule has 2 nitrogen and oxygen atoms in total. The molecule has 0 radical (unpaired) electrons. The summed E-state index contributed by atoms with van der Waals surface area (Å²) in [6.45, 7) is 8.11. The Hall–Kier alpha value is -0.370. The fourth-order valence-electron chi connectivity index (χ4n) is 0.589. The number of hydrogen-bond donors (Lipinski definition) is 0. The second-order valence-electron chi connectivity index (χ2n) is 3.83. The molecule has 0 aliphatic rings. The van der Waals surface area contributed by atoms with E-state index in [4.69, 9.17) is 4.74 Å². The van der Waals surface area contributed by atoms with Crippen molar-refractivity contribution in [3.05, 3.63) is 0 Å². The lowest BCUT2D eigenvalue weighted by atomic mass is 9.93. The fourth-order valence-corrected chi connectivity index (χ4v) is 0.589. The lowest BCUT2D eigenvalue weighted by Crippen LogP contribution is -2.10. The van der Waals surface area contributed by atoms with Crippen LogP contribution in [0.2, 0.25) is 0 Å². The standard InChI is InChI=1S/C9H19NO/c1-9(2,3)5-7-11-8-6-10-4/h6H,5,7-8H2,1-4H3/b10-6+. The van der Waals surface area contributed by atoms with E-state index in [0.717, 1.165) is 13.0 Å². The Morgan fingerprint density at radius 2 is 2.00 bits per heavy atom. The van der Waals surface area contributed by atoms with E-state index in [-0.39, 0.29) is 0 Å². The summed E-state index contributed by atoms with van der Waals surface area (Å²) in [5, 5.41) is 0. The maximum Gasteiger partial charge on any atom is 0.0814 e. The van der Waals surface area contributed by atoms with E-state index in [2.05, 4.69) is 25.8 Å². The average molecular weight is 157 g/mol.